The fourth-order valence-electron chi connectivity index (χ4n) is 3.66. The number of nitrogens with zero attached hydrogens (tertiary/aromatic N) is 2. The Balaban J connectivity index is 1.81. The molecule has 32 heavy (non-hydrogen) atoms. The summed E-state index contributed by atoms with van der Waals surface area (Å²) in [7, 11) is -7.33. The zero-order valence-electron chi connectivity index (χ0n) is 17.9. The molecule has 1 heterocycles. The second-order valence-corrected chi connectivity index (χ2v) is 11.8. The van der Waals surface area contributed by atoms with Crippen LogP contribution >= 0.6 is 11.6 Å². The second kappa shape index (κ2) is 9.78. The maximum Gasteiger partial charge on any atom is 0.248 e. The Hall–Kier alpha value is -2.14. The molecule has 1 atom stereocenters. The van der Waals surface area contributed by atoms with Gasteiger partial charge < -0.3 is 5.32 Å². The van der Waals surface area contributed by atoms with E-state index in [2.05, 4.69) is 5.32 Å². The predicted molar refractivity (Wildman–Crippen MR) is 126 cm³/mol. The van der Waals surface area contributed by atoms with Crippen LogP contribution in [0.4, 0.5) is 11.4 Å². The van der Waals surface area contributed by atoms with Crippen LogP contribution in [0.5, 0.6) is 0 Å². The highest BCUT2D eigenvalue weighted by molar-refractivity contribution is 7.92. The van der Waals surface area contributed by atoms with E-state index in [0.717, 1.165) is 23.4 Å². The molecule has 8 nitrogen and oxygen atoms in total. The van der Waals surface area contributed by atoms with Gasteiger partial charge in [0, 0.05) is 23.8 Å². The van der Waals surface area contributed by atoms with Gasteiger partial charge in [-0.2, -0.15) is 4.31 Å². The number of sulfonamides is 2. The normalized spacial score (nSPS) is 16.0. The zero-order valence-corrected chi connectivity index (χ0v) is 20.3. The number of anilines is 2. The number of halogens is 1. The standard InChI is InChI=1S/C21H26ClN3O5S2/c1-3-20(25(31(2,27)28)18-10-6-16(22)7-11-18)21(26)23-17-8-12-19(13-9-17)32(29,30)24-14-4-5-15-24/h6-13,20H,3-5,14-15H2,1-2H3,(H,23,26)/t20-/m1/s1. The SMILES string of the molecule is CC[C@H](C(=O)Nc1ccc(S(=O)(=O)N2CCCC2)cc1)N(c1ccc(Cl)cc1)S(C)(=O)=O. The van der Waals surface area contributed by atoms with Gasteiger partial charge in [-0.1, -0.05) is 18.5 Å². The van der Waals surface area contributed by atoms with Gasteiger partial charge in [0.15, 0.2) is 0 Å². The molecule has 1 saturated heterocycles. The Bertz CT molecular complexity index is 1160. The number of amides is 1. The van der Waals surface area contributed by atoms with Crippen molar-refractivity contribution in [3.63, 3.8) is 0 Å². The van der Waals surface area contributed by atoms with Crippen LogP contribution in [0.1, 0.15) is 26.2 Å². The van der Waals surface area contributed by atoms with Crippen molar-refractivity contribution in [3.05, 3.63) is 53.6 Å². The van der Waals surface area contributed by atoms with E-state index in [1.165, 1.54) is 40.7 Å². The summed E-state index contributed by atoms with van der Waals surface area (Å²) in [5.74, 6) is -0.525. The van der Waals surface area contributed by atoms with Crippen molar-refractivity contribution >= 4 is 48.9 Å². The van der Waals surface area contributed by atoms with Gasteiger partial charge in [0.25, 0.3) is 0 Å². The lowest BCUT2D eigenvalue weighted by molar-refractivity contribution is -0.117. The highest BCUT2D eigenvalue weighted by atomic mass is 35.5. The molecule has 0 saturated carbocycles. The van der Waals surface area contributed by atoms with Gasteiger partial charge in [0.05, 0.1) is 16.8 Å². The van der Waals surface area contributed by atoms with Crippen LogP contribution in [0, 0.1) is 0 Å². The summed E-state index contributed by atoms with van der Waals surface area (Å²) in [4.78, 5) is 13.1. The average molecular weight is 500 g/mol. The predicted octanol–water partition coefficient (Wildman–Crippen LogP) is 3.31. The molecule has 1 fully saturated rings. The van der Waals surface area contributed by atoms with Gasteiger partial charge in [-0.05, 0) is 67.8 Å². The molecule has 0 radical (unpaired) electrons. The van der Waals surface area contributed by atoms with Gasteiger partial charge in [-0.3, -0.25) is 9.10 Å². The summed E-state index contributed by atoms with van der Waals surface area (Å²) >= 11 is 5.91. The molecule has 1 N–H and O–H groups in total. The number of benzene rings is 2. The maximum absolute atomic E-state index is 13.0. The van der Waals surface area contributed by atoms with E-state index in [4.69, 9.17) is 11.6 Å². The van der Waals surface area contributed by atoms with Crippen molar-refractivity contribution in [2.75, 3.05) is 29.0 Å². The Labute approximate surface area is 194 Å². The highest BCUT2D eigenvalue weighted by Gasteiger charge is 2.32. The van der Waals surface area contributed by atoms with Crippen LogP contribution in [0.2, 0.25) is 5.02 Å². The molecule has 1 amide bonds. The van der Waals surface area contributed by atoms with Gasteiger partial charge in [-0.25, -0.2) is 16.8 Å². The van der Waals surface area contributed by atoms with Crippen LogP contribution in [0.3, 0.4) is 0 Å². The molecule has 0 bridgehead atoms. The summed E-state index contributed by atoms with van der Waals surface area (Å²) in [6.45, 7) is 2.72. The molecule has 0 unspecified atom stereocenters. The minimum absolute atomic E-state index is 0.156. The first-order valence-electron chi connectivity index (χ1n) is 10.2. The number of hydrogen-bond acceptors (Lipinski definition) is 5. The topological polar surface area (TPSA) is 104 Å². The monoisotopic (exact) mass is 499 g/mol. The van der Waals surface area contributed by atoms with E-state index in [9.17, 15) is 21.6 Å². The largest absolute Gasteiger partial charge is 0.324 e. The Kier molecular flexibility index (Phi) is 7.49. The van der Waals surface area contributed by atoms with E-state index < -0.39 is 32.0 Å². The molecule has 3 rings (SSSR count). The Morgan fingerprint density at radius 2 is 1.59 bits per heavy atom. The number of carbonyl (C=O) groups is 1. The fourth-order valence-corrected chi connectivity index (χ4v) is 6.52. The van der Waals surface area contributed by atoms with Gasteiger partial charge in [0.1, 0.15) is 6.04 Å². The first-order valence-corrected chi connectivity index (χ1v) is 13.9. The van der Waals surface area contributed by atoms with Crippen molar-refractivity contribution in [1.29, 1.82) is 0 Å². The lowest BCUT2D eigenvalue weighted by atomic mass is 10.2. The minimum Gasteiger partial charge on any atom is -0.324 e. The molecule has 174 valence electrons. The summed E-state index contributed by atoms with van der Waals surface area (Å²) in [6.07, 6.45) is 2.95. The van der Waals surface area contributed by atoms with Crippen molar-refractivity contribution in [2.24, 2.45) is 0 Å². The van der Waals surface area contributed by atoms with Crippen LogP contribution < -0.4 is 9.62 Å². The molecule has 1 aliphatic heterocycles. The smallest absolute Gasteiger partial charge is 0.248 e. The average Bonchev–Trinajstić information content (AvgIpc) is 3.28. The lowest BCUT2D eigenvalue weighted by Crippen LogP contribution is -2.47. The third-order valence-electron chi connectivity index (χ3n) is 5.24. The number of carbonyl (C=O) groups excluding carboxylic acids is 1. The number of hydrogen-bond donors (Lipinski definition) is 1. The first kappa shape index (κ1) is 24.5. The number of rotatable bonds is 8. The van der Waals surface area contributed by atoms with Crippen molar-refractivity contribution in [2.45, 2.75) is 37.1 Å². The van der Waals surface area contributed by atoms with Gasteiger partial charge in [-0.15, -0.1) is 0 Å². The lowest BCUT2D eigenvalue weighted by Gasteiger charge is -2.30. The fraction of sp³-hybridized carbons (Fsp3) is 0.381. The summed E-state index contributed by atoms with van der Waals surface area (Å²) in [5.41, 5.74) is 0.698. The molecular formula is C21H26ClN3O5S2. The molecule has 2 aromatic rings. The van der Waals surface area contributed by atoms with Crippen molar-refractivity contribution < 1.29 is 21.6 Å². The van der Waals surface area contributed by atoms with Crippen LogP contribution in [-0.2, 0) is 24.8 Å². The summed E-state index contributed by atoms with van der Waals surface area (Å²) in [5, 5.41) is 3.14. The quantitative estimate of drug-likeness (QED) is 0.600. The Morgan fingerprint density at radius 3 is 2.09 bits per heavy atom. The zero-order chi connectivity index (χ0) is 23.5. The molecule has 11 heteroatoms. The van der Waals surface area contributed by atoms with Crippen LogP contribution in [0.15, 0.2) is 53.4 Å². The van der Waals surface area contributed by atoms with E-state index in [1.807, 2.05) is 0 Å². The van der Waals surface area contributed by atoms with E-state index >= 15 is 0 Å². The molecule has 1 aliphatic rings. The van der Waals surface area contributed by atoms with E-state index in [0.29, 0.717) is 29.5 Å². The van der Waals surface area contributed by atoms with Gasteiger partial charge >= 0.3 is 0 Å². The highest BCUT2D eigenvalue weighted by Crippen LogP contribution is 2.26. The molecule has 0 aliphatic carbocycles. The summed E-state index contributed by atoms with van der Waals surface area (Å²) < 4.78 is 52.8. The van der Waals surface area contributed by atoms with Crippen LogP contribution in [0.25, 0.3) is 0 Å². The third-order valence-corrected chi connectivity index (χ3v) is 8.58. The molecular weight excluding hydrogens is 474 g/mol. The van der Waals surface area contributed by atoms with Gasteiger partial charge in [0.2, 0.25) is 26.0 Å². The van der Waals surface area contributed by atoms with E-state index in [-0.39, 0.29) is 11.3 Å². The minimum atomic E-state index is -3.77. The second-order valence-electron chi connectivity index (χ2n) is 7.58. The van der Waals surface area contributed by atoms with E-state index in [1.54, 1.807) is 19.1 Å². The van der Waals surface area contributed by atoms with Crippen molar-refractivity contribution in [3.8, 4) is 0 Å². The Morgan fingerprint density at radius 1 is 1.03 bits per heavy atom. The third kappa shape index (κ3) is 5.43. The molecule has 0 spiro atoms. The maximum atomic E-state index is 13.0. The number of nitrogens with one attached hydrogen (secondary N) is 1. The first-order chi connectivity index (χ1) is 15.0. The van der Waals surface area contributed by atoms with Crippen LogP contribution in [-0.4, -0.2) is 52.4 Å². The molecule has 0 aromatic heterocycles. The molecule has 2 aromatic carbocycles. The van der Waals surface area contributed by atoms with Crippen molar-refractivity contribution in [1.82, 2.24) is 4.31 Å². The summed E-state index contributed by atoms with van der Waals surface area (Å²) in [6, 6.07) is 11.1.